The van der Waals surface area contributed by atoms with Crippen LogP contribution in [0.5, 0.6) is 0 Å². The molecule has 0 unspecified atom stereocenters. The molecule has 1 saturated carbocycles. The Labute approximate surface area is 127 Å². The zero-order chi connectivity index (χ0) is 15.5. The third-order valence-corrected chi connectivity index (χ3v) is 5.25. The Morgan fingerprint density at radius 1 is 1.57 bits per heavy atom. The van der Waals surface area contributed by atoms with Crippen molar-refractivity contribution in [3.63, 3.8) is 0 Å². The quantitative estimate of drug-likeness (QED) is 0.616. The zero-order valence-electron chi connectivity index (χ0n) is 12.0. The maximum Gasteiger partial charge on any atom is 0.288 e. The van der Waals surface area contributed by atoms with Crippen molar-refractivity contribution in [2.24, 2.45) is 0 Å². The summed E-state index contributed by atoms with van der Waals surface area (Å²) in [5.41, 5.74) is 0.00431. The highest BCUT2D eigenvalue weighted by Crippen LogP contribution is 2.42. The number of rotatable bonds is 6. The van der Waals surface area contributed by atoms with Crippen LogP contribution in [0.2, 0.25) is 0 Å². The molecule has 1 aliphatic rings. The van der Waals surface area contributed by atoms with Crippen LogP contribution < -0.4 is 10.6 Å². The van der Waals surface area contributed by atoms with Gasteiger partial charge < -0.3 is 10.6 Å². The molecule has 0 aromatic carbocycles. The average Bonchev–Trinajstić information content (AvgIpc) is 2.45. The van der Waals surface area contributed by atoms with Crippen LogP contribution in [-0.2, 0) is 0 Å². The van der Waals surface area contributed by atoms with Gasteiger partial charge in [-0.05, 0) is 19.1 Å². The minimum atomic E-state index is -0.557. The molecule has 2 N–H and O–H groups in total. The van der Waals surface area contributed by atoms with E-state index in [4.69, 9.17) is 0 Å². The number of nitro groups is 1. The maximum atomic E-state index is 12.3. The number of carbonyl (C=O) groups is 1. The molecule has 2 rings (SSSR count). The molecule has 1 aromatic rings. The molecule has 21 heavy (non-hydrogen) atoms. The number of hydrogen-bond donors (Lipinski definition) is 2. The molecule has 0 bridgehead atoms. The van der Waals surface area contributed by atoms with Crippen molar-refractivity contribution in [1.82, 2.24) is 10.3 Å². The summed E-state index contributed by atoms with van der Waals surface area (Å²) < 4.78 is 0.115. The summed E-state index contributed by atoms with van der Waals surface area (Å²) in [4.78, 5) is 26.4. The van der Waals surface area contributed by atoms with Crippen molar-refractivity contribution < 1.29 is 9.72 Å². The number of pyridine rings is 1. The van der Waals surface area contributed by atoms with Gasteiger partial charge in [0.05, 0.1) is 10.5 Å². The summed E-state index contributed by atoms with van der Waals surface area (Å²) in [5.74, 6) is 0.000728. The maximum absolute atomic E-state index is 12.3. The molecule has 1 fully saturated rings. The van der Waals surface area contributed by atoms with Crippen molar-refractivity contribution in [2.75, 3.05) is 25.2 Å². The van der Waals surface area contributed by atoms with Crippen LogP contribution in [-0.4, -0.2) is 40.4 Å². The lowest BCUT2D eigenvalue weighted by atomic mass is 9.84. The van der Waals surface area contributed by atoms with Gasteiger partial charge in [-0.15, -0.1) is 0 Å². The second-order valence-electron chi connectivity index (χ2n) is 5.02. The summed E-state index contributed by atoms with van der Waals surface area (Å²) in [6.45, 7) is 0.568. The third kappa shape index (κ3) is 3.26. The standard InChI is InChI=1S/C13H18N4O3S/c1-14-11-10(6-9(7-15-11)17(19)20)12(18)16-8-13(21-2)4-3-5-13/h6-7H,3-5,8H2,1-2H3,(H,14,15)(H,16,18). The van der Waals surface area contributed by atoms with E-state index in [1.54, 1.807) is 18.8 Å². The minimum absolute atomic E-state index is 0.115. The molecule has 0 saturated heterocycles. The van der Waals surface area contributed by atoms with Gasteiger partial charge in [0.1, 0.15) is 12.0 Å². The van der Waals surface area contributed by atoms with E-state index < -0.39 is 4.92 Å². The van der Waals surface area contributed by atoms with Crippen molar-refractivity contribution in [3.05, 3.63) is 27.9 Å². The number of carbonyl (C=O) groups excluding carboxylic acids is 1. The number of anilines is 1. The van der Waals surface area contributed by atoms with Crippen LogP contribution in [0.4, 0.5) is 11.5 Å². The smallest absolute Gasteiger partial charge is 0.288 e. The van der Waals surface area contributed by atoms with Crippen LogP contribution in [0.25, 0.3) is 0 Å². The van der Waals surface area contributed by atoms with Gasteiger partial charge in [0.15, 0.2) is 0 Å². The fraction of sp³-hybridized carbons (Fsp3) is 0.538. The number of aromatic nitrogens is 1. The molecule has 0 spiro atoms. The van der Waals surface area contributed by atoms with Crippen LogP contribution in [0.3, 0.4) is 0 Å². The average molecular weight is 310 g/mol. The zero-order valence-corrected chi connectivity index (χ0v) is 12.8. The number of nitrogens with zero attached hydrogens (tertiary/aromatic N) is 2. The van der Waals surface area contributed by atoms with Crippen molar-refractivity contribution in [1.29, 1.82) is 0 Å². The van der Waals surface area contributed by atoms with E-state index in [0.29, 0.717) is 12.4 Å². The molecule has 0 atom stereocenters. The fourth-order valence-corrected chi connectivity index (χ4v) is 3.20. The Bertz CT molecular complexity index is 555. The second-order valence-corrected chi connectivity index (χ2v) is 6.29. The van der Waals surface area contributed by atoms with E-state index in [2.05, 4.69) is 15.6 Å². The lowest BCUT2D eigenvalue weighted by Gasteiger charge is -2.40. The van der Waals surface area contributed by atoms with Crippen molar-refractivity contribution >= 4 is 29.2 Å². The largest absolute Gasteiger partial charge is 0.372 e. The molecular formula is C13H18N4O3S. The molecule has 1 heterocycles. The number of amides is 1. The number of hydrogen-bond acceptors (Lipinski definition) is 6. The van der Waals surface area contributed by atoms with E-state index in [-0.39, 0.29) is 21.9 Å². The van der Waals surface area contributed by atoms with Gasteiger partial charge in [-0.2, -0.15) is 11.8 Å². The van der Waals surface area contributed by atoms with Crippen molar-refractivity contribution in [3.8, 4) is 0 Å². The Balaban J connectivity index is 2.13. The first kappa shape index (κ1) is 15.6. The monoisotopic (exact) mass is 310 g/mol. The van der Waals surface area contributed by atoms with Crippen LogP contribution in [0.15, 0.2) is 12.3 Å². The van der Waals surface area contributed by atoms with Gasteiger partial charge in [0.2, 0.25) is 0 Å². The summed E-state index contributed by atoms with van der Waals surface area (Å²) in [7, 11) is 1.63. The predicted octanol–water partition coefficient (Wildman–Crippen LogP) is 2.05. The molecule has 1 amide bonds. The summed E-state index contributed by atoms with van der Waals surface area (Å²) in [5, 5.41) is 16.5. The molecule has 0 aliphatic heterocycles. The van der Waals surface area contributed by atoms with E-state index in [1.807, 2.05) is 6.26 Å². The molecule has 0 radical (unpaired) electrons. The molecule has 1 aliphatic carbocycles. The lowest BCUT2D eigenvalue weighted by Crippen LogP contribution is -2.45. The second kappa shape index (κ2) is 6.30. The van der Waals surface area contributed by atoms with Crippen molar-refractivity contribution in [2.45, 2.75) is 24.0 Å². The number of thioether (sulfide) groups is 1. The Hall–Kier alpha value is -1.83. The third-order valence-electron chi connectivity index (χ3n) is 3.83. The highest BCUT2D eigenvalue weighted by Gasteiger charge is 2.36. The van der Waals surface area contributed by atoms with Gasteiger partial charge in [0, 0.05) is 24.4 Å². The van der Waals surface area contributed by atoms with Gasteiger partial charge in [-0.25, -0.2) is 4.98 Å². The van der Waals surface area contributed by atoms with Crippen LogP contribution >= 0.6 is 11.8 Å². The first-order valence-corrected chi connectivity index (χ1v) is 7.89. The topological polar surface area (TPSA) is 97.2 Å². The highest BCUT2D eigenvalue weighted by atomic mass is 32.2. The lowest BCUT2D eigenvalue weighted by molar-refractivity contribution is -0.385. The first-order chi connectivity index (χ1) is 10.0. The van der Waals surface area contributed by atoms with E-state index in [0.717, 1.165) is 19.0 Å². The van der Waals surface area contributed by atoms with E-state index in [9.17, 15) is 14.9 Å². The Kier molecular flexibility index (Phi) is 4.66. The highest BCUT2D eigenvalue weighted by molar-refractivity contribution is 8.00. The summed E-state index contributed by atoms with van der Waals surface area (Å²) in [6.07, 6.45) is 6.52. The SMILES string of the molecule is CNc1ncc([N+](=O)[O-])cc1C(=O)NCC1(SC)CCC1. The van der Waals surface area contributed by atoms with Gasteiger partial charge in [0.25, 0.3) is 11.6 Å². The molecule has 8 heteroatoms. The number of nitrogens with one attached hydrogen (secondary N) is 2. The minimum Gasteiger partial charge on any atom is -0.372 e. The fourth-order valence-electron chi connectivity index (χ4n) is 2.29. The normalized spacial score (nSPS) is 15.9. The Morgan fingerprint density at radius 3 is 2.76 bits per heavy atom. The van der Waals surface area contributed by atoms with Crippen LogP contribution in [0.1, 0.15) is 29.6 Å². The van der Waals surface area contributed by atoms with E-state index in [1.165, 1.54) is 12.5 Å². The van der Waals surface area contributed by atoms with Gasteiger partial charge >= 0.3 is 0 Å². The van der Waals surface area contributed by atoms with Gasteiger partial charge in [-0.3, -0.25) is 14.9 Å². The molecular weight excluding hydrogens is 292 g/mol. The van der Waals surface area contributed by atoms with Gasteiger partial charge in [-0.1, -0.05) is 6.42 Å². The van der Waals surface area contributed by atoms with E-state index >= 15 is 0 Å². The predicted molar refractivity (Wildman–Crippen MR) is 82.9 cm³/mol. The molecule has 7 nitrogen and oxygen atoms in total. The summed E-state index contributed by atoms with van der Waals surface area (Å²) in [6, 6.07) is 1.25. The Morgan fingerprint density at radius 2 is 2.29 bits per heavy atom. The molecule has 114 valence electrons. The molecule has 1 aromatic heterocycles. The first-order valence-electron chi connectivity index (χ1n) is 6.67. The van der Waals surface area contributed by atoms with Crippen LogP contribution in [0, 0.1) is 10.1 Å². The summed E-state index contributed by atoms with van der Waals surface area (Å²) >= 11 is 1.76.